The molecule has 7 nitrogen and oxygen atoms in total. The van der Waals surface area contributed by atoms with Crippen LogP contribution in [0.2, 0.25) is 5.02 Å². The van der Waals surface area contributed by atoms with Gasteiger partial charge in [-0.05, 0) is 30.3 Å². The van der Waals surface area contributed by atoms with E-state index >= 15 is 0 Å². The lowest BCUT2D eigenvalue weighted by Gasteiger charge is -2.10. The maximum atomic E-state index is 12.3. The molecule has 0 saturated carbocycles. The van der Waals surface area contributed by atoms with Crippen molar-refractivity contribution < 1.29 is 14.5 Å². The molecule has 2 rings (SSSR count). The van der Waals surface area contributed by atoms with Crippen LogP contribution in [0.1, 0.15) is 24.2 Å². The van der Waals surface area contributed by atoms with Crippen molar-refractivity contribution in [2.45, 2.75) is 13.8 Å². The van der Waals surface area contributed by atoms with Crippen LogP contribution in [0.3, 0.4) is 0 Å². The van der Waals surface area contributed by atoms with Crippen molar-refractivity contribution in [3.63, 3.8) is 0 Å². The SMILES string of the molecule is CC(C)C(=O)Nc1ccc(NC(=O)c2cc([N+](=O)[O-])ccc2Cl)cc1. The van der Waals surface area contributed by atoms with Gasteiger partial charge in [0.1, 0.15) is 0 Å². The molecule has 8 heteroatoms. The highest BCUT2D eigenvalue weighted by atomic mass is 35.5. The Bertz CT molecular complexity index is 819. The van der Waals surface area contributed by atoms with Crippen LogP contribution in [0, 0.1) is 16.0 Å². The number of carbonyl (C=O) groups excluding carboxylic acids is 2. The maximum Gasteiger partial charge on any atom is 0.270 e. The minimum absolute atomic E-state index is 0.00746. The first-order valence-corrected chi connectivity index (χ1v) is 7.82. The number of nitrogens with zero attached hydrogens (tertiary/aromatic N) is 1. The van der Waals surface area contributed by atoms with Gasteiger partial charge in [-0.2, -0.15) is 0 Å². The molecule has 2 aromatic carbocycles. The van der Waals surface area contributed by atoms with Crippen LogP contribution < -0.4 is 10.6 Å². The Balaban J connectivity index is 2.12. The van der Waals surface area contributed by atoms with Gasteiger partial charge in [0.25, 0.3) is 11.6 Å². The molecule has 0 aliphatic heterocycles. The maximum absolute atomic E-state index is 12.3. The van der Waals surface area contributed by atoms with E-state index in [9.17, 15) is 19.7 Å². The molecule has 2 aromatic rings. The monoisotopic (exact) mass is 361 g/mol. The molecular formula is C17H16ClN3O4. The van der Waals surface area contributed by atoms with E-state index in [0.717, 1.165) is 6.07 Å². The van der Waals surface area contributed by atoms with E-state index in [1.807, 2.05) is 0 Å². The quantitative estimate of drug-likeness (QED) is 0.618. The fraction of sp³-hybridized carbons (Fsp3) is 0.176. The first-order chi connectivity index (χ1) is 11.8. The number of anilines is 2. The van der Waals surface area contributed by atoms with Crippen LogP contribution in [0.25, 0.3) is 0 Å². The summed E-state index contributed by atoms with van der Waals surface area (Å²) in [5, 5.41) is 16.3. The average molecular weight is 362 g/mol. The lowest BCUT2D eigenvalue weighted by molar-refractivity contribution is -0.384. The van der Waals surface area contributed by atoms with Crippen molar-refractivity contribution in [2.75, 3.05) is 10.6 Å². The van der Waals surface area contributed by atoms with E-state index in [4.69, 9.17) is 11.6 Å². The van der Waals surface area contributed by atoms with Crippen LogP contribution in [0.5, 0.6) is 0 Å². The van der Waals surface area contributed by atoms with Crippen molar-refractivity contribution in [3.8, 4) is 0 Å². The predicted octanol–water partition coefficient (Wildman–Crippen LogP) is 4.10. The van der Waals surface area contributed by atoms with Crippen LogP contribution in [0.15, 0.2) is 42.5 Å². The van der Waals surface area contributed by atoms with E-state index in [2.05, 4.69) is 10.6 Å². The number of nitro benzene ring substituents is 1. The van der Waals surface area contributed by atoms with Gasteiger partial charge in [0, 0.05) is 29.4 Å². The van der Waals surface area contributed by atoms with Crippen molar-refractivity contribution in [1.82, 2.24) is 0 Å². The Morgan fingerprint density at radius 2 is 1.60 bits per heavy atom. The molecule has 130 valence electrons. The van der Waals surface area contributed by atoms with E-state index in [1.165, 1.54) is 12.1 Å². The summed E-state index contributed by atoms with van der Waals surface area (Å²) in [6.45, 7) is 3.57. The zero-order valence-corrected chi connectivity index (χ0v) is 14.3. The minimum atomic E-state index is -0.598. The third-order valence-electron chi connectivity index (χ3n) is 3.34. The Kier molecular flexibility index (Phi) is 5.71. The molecule has 0 atom stereocenters. The number of hydrogen-bond donors (Lipinski definition) is 2. The predicted molar refractivity (Wildman–Crippen MR) is 96.0 cm³/mol. The summed E-state index contributed by atoms with van der Waals surface area (Å²) in [4.78, 5) is 34.1. The van der Waals surface area contributed by atoms with Gasteiger partial charge in [0.05, 0.1) is 15.5 Å². The molecule has 0 radical (unpaired) electrons. The number of amides is 2. The summed E-state index contributed by atoms with van der Waals surface area (Å²) >= 11 is 5.94. The van der Waals surface area contributed by atoms with Crippen LogP contribution in [0.4, 0.5) is 17.1 Å². The van der Waals surface area contributed by atoms with E-state index in [1.54, 1.807) is 38.1 Å². The first-order valence-electron chi connectivity index (χ1n) is 7.44. The molecule has 25 heavy (non-hydrogen) atoms. The molecular weight excluding hydrogens is 346 g/mol. The molecule has 0 bridgehead atoms. The molecule has 0 unspecified atom stereocenters. The highest BCUT2D eigenvalue weighted by molar-refractivity contribution is 6.34. The summed E-state index contributed by atoms with van der Waals surface area (Å²) in [5.41, 5.74) is 0.856. The first kappa shape index (κ1) is 18.4. The molecule has 2 amide bonds. The zero-order valence-electron chi connectivity index (χ0n) is 13.6. The molecule has 0 heterocycles. The summed E-state index contributed by atoms with van der Waals surface area (Å²) in [7, 11) is 0. The summed E-state index contributed by atoms with van der Waals surface area (Å²) in [6, 6.07) is 10.2. The Morgan fingerprint density at radius 3 is 2.12 bits per heavy atom. The van der Waals surface area contributed by atoms with Crippen molar-refractivity contribution in [3.05, 3.63) is 63.2 Å². The number of rotatable bonds is 5. The van der Waals surface area contributed by atoms with Gasteiger partial charge in [-0.25, -0.2) is 0 Å². The topological polar surface area (TPSA) is 101 Å². The van der Waals surface area contributed by atoms with Gasteiger partial charge in [-0.15, -0.1) is 0 Å². The van der Waals surface area contributed by atoms with Gasteiger partial charge < -0.3 is 10.6 Å². The lowest BCUT2D eigenvalue weighted by atomic mass is 10.1. The second-order valence-corrected chi connectivity index (χ2v) is 6.00. The third kappa shape index (κ3) is 4.77. The average Bonchev–Trinajstić information content (AvgIpc) is 2.56. The molecule has 2 N–H and O–H groups in total. The van der Waals surface area contributed by atoms with Gasteiger partial charge >= 0.3 is 0 Å². The summed E-state index contributed by atoms with van der Waals surface area (Å²) < 4.78 is 0. The third-order valence-corrected chi connectivity index (χ3v) is 3.67. The van der Waals surface area contributed by atoms with Crippen LogP contribution in [-0.2, 0) is 4.79 Å². The van der Waals surface area contributed by atoms with E-state index < -0.39 is 10.8 Å². The fourth-order valence-corrected chi connectivity index (χ4v) is 2.13. The van der Waals surface area contributed by atoms with Crippen molar-refractivity contribution in [2.24, 2.45) is 5.92 Å². The van der Waals surface area contributed by atoms with Gasteiger partial charge in [-0.1, -0.05) is 25.4 Å². The smallest absolute Gasteiger partial charge is 0.270 e. The van der Waals surface area contributed by atoms with Crippen LogP contribution >= 0.6 is 11.6 Å². The van der Waals surface area contributed by atoms with Crippen molar-refractivity contribution >= 4 is 40.5 Å². The van der Waals surface area contributed by atoms with Gasteiger partial charge in [0.15, 0.2) is 0 Å². The highest BCUT2D eigenvalue weighted by Crippen LogP contribution is 2.23. The Hall–Kier alpha value is -2.93. The molecule has 0 aromatic heterocycles. The van der Waals surface area contributed by atoms with E-state index in [0.29, 0.717) is 11.4 Å². The fourth-order valence-electron chi connectivity index (χ4n) is 1.92. The molecule has 0 spiro atoms. The highest BCUT2D eigenvalue weighted by Gasteiger charge is 2.16. The zero-order chi connectivity index (χ0) is 18.6. The minimum Gasteiger partial charge on any atom is -0.326 e. The van der Waals surface area contributed by atoms with Gasteiger partial charge in [-0.3, -0.25) is 19.7 Å². The molecule has 0 aliphatic carbocycles. The van der Waals surface area contributed by atoms with Crippen LogP contribution in [-0.4, -0.2) is 16.7 Å². The number of nitro groups is 1. The van der Waals surface area contributed by atoms with Crippen molar-refractivity contribution in [1.29, 1.82) is 0 Å². The molecule has 0 aliphatic rings. The Morgan fingerprint density at radius 1 is 1.04 bits per heavy atom. The lowest BCUT2D eigenvalue weighted by Crippen LogP contribution is -2.17. The standard InChI is InChI=1S/C17H16ClN3O4/c1-10(2)16(22)19-11-3-5-12(6-4-11)20-17(23)14-9-13(21(24)25)7-8-15(14)18/h3-10H,1-2H3,(H,19,22)(H,20,23). The Labute approximate surface area is 149 Å². The second kappa shape index (κ2) is 7.76. The van der Waals surface area contributed by atoms with Gasteiger partial charge in [0.2, 0.25) is 5.91 Å². The number of halogens is 1. The molecule has 0 saturated heterocycles. The number of benzene rings is 2. The summed E-state index contributed by atoms with van der Waals surface area (Å²) in [6.07, 6.45) is 0. The number of hydrogen-bond acceptors (Lipinski definition) is 4. The van der Waals surface area contributed by atoms with E-state index in [-0.39, 0.29) is 28.1 Å². The normalized spacial score (nSPS) is 10.4. The number of nitrogens with one attached hydrogen (secondary N) is 2. The number of carbonyl (C=O) groups is 2. The largest absolute Gasteiger partial charge is 0.326 e. The molecule has 0 fully saturated rings. The number of non-ortho nitro benzene ring substituents is 1. The summed E-state index contributed by atoms with van der Waals surface area (Å²) in [5.74, 6) is -0.816. The second-order valence-electron chi connectivity index (χ2n) is 5.60.